The van der Waals surface area contributed by atoms with Gasteiger partial charge >= 0.3 is 0 Å². The molecule has 0 saturated heterocycles. The van der Waals surface area contributed by atoms with E-state index in [0.717, 1.165) is 26.1 Å². The number of rotatable bonds is 8. The lowest BCUT2D eigenvalue weighted by Gasteiger charge is -2.29. The molecule has 0 aromatic heterocycles. The van der Waals surface area contributed by atoms with Gasteiger partial charge in [0.15, 0.2) is 0 Å². The molecule has 1 nitrogen and oxygen atoms in total. The van der Waals surface area contributed by atoms with Crippen LogP contribution in [0.5, 0.6) is 0 Å². The normalized spacial score (nSPS) is 11.7. The van der Waals surface area contributed by atoms with Crippen LogP contribution in [-0.2, 0) is 11.2 Å². The van der Waals surface area contributed by atoms with E-state index in [4.69, 9.17) is 27.9 Å². The van der Waals surface area contributed by atoms with Crippen molar-refractivity contribution in [1.29, 1.82) is 0 Å². The summed E-state index contributed by atoms with van der Waals surface area (Å²) in [4.78, 5) is 0. The number of alkyl halides is 2. The molecular weight excluding hydrogens is 255 g/mol. The summed E-state index contributed by atoms with van der Waals surface area (Å²) in [5, 5.41) is 0. The summed E-state index contributed by atoms with van der Waals surface area (Å²) in [6.07, 6.45) is 1.82. The van der Waals surface area contributed by atoms with Gasteiger partial charge in [0.1, 0.15) is 0 Å². The van der Waals surface area contributed by atoms with Crippen molar-refractivity contribution in [1.82, 2.24) is 0 Å². The van der Waals surface area contributed by atoms with Gasteiger partial charge in [-0.05, 0) is 25.3 Å². The van der Waals surface area contributed by atoms with Crippen LogP contribution < -0.4 is 0 Å². The minimum atomic E-state index is -0.0559. The molecule has 0 amide bonds. The largest absolute Gasteiger partial charge is 0.382 e. The van der Waals surface area contributed by atoms with Gasteiger partial charge in [-0.3, -0.25) is 0 Å². The maximum Gasteiger partial charge on any atom is 0.0472 e. The zero-order chi connectivity index (χ0) is 12.6. The molecule has 0 radical (unpaired) electrons. The Kier molecular flexibility index (Phi) is 6.94. The highest BCUT2D eigenvalue weighted by atomic mass is 35.5. The van der Waals surface area contributed by atoms with Crippen LogP contribution in [0.3, 0.4) is 0 Å². The molecule has 0 atom stereocenters. The minimum absolute atomic E-state index is 0.0559. The van der Waals surface area contributed by atoms with E-state index in [2.05, 4.69) is 12.1 Å². The molecule has 0 unspecified atom stereocenters. The summed E-state index contributed by atoms with van der Waals surface area (Å²) in [7, 11) is 0. The Hall–Kier alpha value is -0.240. The van der Waals surface area contributed by atoms with Crippen molar-refractivity contribution < 1.29 is 4.74 Å². The van der Waals surface area contributed by atoms with Crippen molar-refractivity contribution in [2.24, 2.45) is 5.41 Å². The second-order valence-electron chi connectivity index (χ2n) is 4.38. The van der Waals surface area contributed by atoms with Crippen molar-refractivity contribution in [3.05, 3.63) is 35.9 Å². The zero-order valence-corrected chi connectivity index (χ0v) is 11.8. The topological polar surface area (TPSA) is 9.23 Å². The van der Waals surface area contributed by atoms with E-state index >= 15 is 0 Å². The van der Waals surface area contributed by atoms with Crippen LogP contribution in [0.4, 0.5) is 0 Å². The molecule has 3 heteroatoms. The van der Waals surface area contributed by atoms with Gasteiger partial charge in [0.05, 0.1) is 0 Å². The fraction of sp³-hybridized carbons (Fsp3) is 0.571. The summed E-state index contributed by atoms with van der Waals surface area (Å²) >= 11 is 12.2. The van der Waals surface area contributed by atoms with Gasteiger partial charge in [0.25, 0.3) is 0 Å². The van der Waals surface area contributed by atoms with Crippen LogP contribution in [0.2, 0.25) is 0 Å². The lowest BCUT2D eigenvalue weighted by atomic mass is 9.82. The quantitative estimate of drug-likeness (QED) is 0.512. The Morgan fingerprint density at radius 2 is 1.76 bits per heavy atom. The van der Waals surface area contributed by atoms with Crippen LogP contribution >= 0.6 is 23.2 Å². The smallest absolute Gasteiger partial charge is 0.0472 e. The monoisotopic (exact) mass is 274 g/mol. The summed E-state index contributed by atoms with van der Waals surface area (Å²) < 4.78 is 5.41. The van der Waals surface area contributed by atoms with E-state index in [1.165, 1.54) is 5.56 Å². The van der Waals surface area contributed by atoms with E-state index in [9.17, 15) is 0 Å². The molecule has 0 bridgehead atoms. The summed E-state index contributed by atoms with van der Waals surface area (Å²) in [6.45, 7) is 3.47. The van der Waals surface area contributed by atoms with Crippen LogP contribution in [0.25, 0.3) is 0 Å². The third-order valence-corrected chi connectivity index (χ3v) is 4.10. The first-order valence-corrected chi connectivity index (χ1v) is 7.07. The molecular formula is C14H20Cl2O. The average molecular weight is 275 g/mol. The predicted molar refractivity (Wildman–Crippen MR) is 75.1 cm³/mol. The molecule has 0 aliphatic rings. The van der Waals surface area contributed by atoms with Crippen LogP contribution in [-0.4, -0.2) is 25.0 Å². The molecule has 0 saturated carbocycles. The van der Waals surface area contributed by atoms with E-state index in [1.807, 2.05) is 25.1 Å². The van der Waals surface area contributed by atoms with Gasteiger partial charge in [0.2, 0.25) is 0 Å². The van der Waals surface area contributed by atoms with E-state index in [-0.39, 0.29) is 5.41 Å². The average Bonchev–Trinajstić information content (AvgIpc) is 2.39. The second-order valence-corrected chi connectivity index (χ2v) is 4.91. The number of hydrogen-bond acceptors (Lipinski definition) is 1. The zero-order valence-electron chi connectivity index (χ0n) is 10.3. The Morgan fingerprint density at radius 1 is 1.12 bits per heavy atom. The third kappa shape index (κ3) is 4.87. The first-order valence-electron chi connectivity index (χ1n) is 6.00. The highest BCUT2D eigenvalue weighted by Gasteiger charge is 2.28. The maximum absolute atomic E-state index is 6.11. The number of benzene rings is 1. The highest BCUT2D eigenvalue weighted by Crippen LogP contribution is 2.30. The first-order chi connectivity index (χ1) is 8.26. The molecule has 0 aliphatic heterocycles. The standard InChI is InChI=1S/C14H20Cl2O/c1-2-17-9-8-14(11-15,12-16)10-13-6-4-3-5-7-13/h3-7H,2,8-12H2,1H3. The molecule has 0 spiro atoms. The Labute approximate surface area is 114 Å². The summed E-state index contributed by atoms with van der Waals surface area (Å²) in [5.74, 6) is 1.14. The van der Waals surface area contributed by atoms with Gasteiger partial charge < -0.3 is 4.74 Å². The number of ether oxygens (including phenoxy) is 1. The van der Waals surface area contributed by atoms with E-state index < -0.39 is 0 Å². The number of hydrogen-bond donors (Lipinski definition) is 0. The Balaban J connectivity index is 2.63. The van der Waals surface area contributed by atoms with Crippen LogP contribution in [0.15, 0.2) is 30.3 Å². The van der Waals surface area contributed by atoms with Gasteiger partial charge in [-0.2, -0.15) is 0 Å². The molecule has 0 N–H and O–H groups in total. The van der Waals surface area contributed by atoms with Gasteiger partial charge in [-0.15, -0.1) is 23.2 Å². The Morgan fingerprint density at radius 3 is 2.29 bits per heavy atom. The van der Waals surface area contributed by atoms with Crippen molar-refractivity contribution in [3.63, 3.8) is 0 Å². The van der Waals surface area contributed by atoms with Crippen LogP contribution in [0, 0.1) is 5.41 Å². The summed E-state index contributed by atoms with van der Waals surface area (Å²) in [5.41, 5.74) is 1.23. The van der Waals surface area contributed by atoms with Crippen molar-refractivity contribution in [3.8, 4) is 0 Å². The molecule has 1 aromatic carbocycles. The van der Waals surface area contributed by atoms with Crippen molar-refractivity contribution in [2.45, 2.75) is 19.8 Å². The number of halogens is 2. The van der Waals surface area contributed by atoms with E-state index in [1.54, 1.807) is 0 Å². The lowest BCUT2D eigenvalue weighted by Crippen LogP contribution is -2.29. The fourth-order valence-corrected chi connectivity index (χ4v) is 2.56. The van der Waals surface area contributed by atoms with Crippen LogP contribution in [0.1, 0.15) is 18.9 Å². The highest BCUT2D eigenvalue weighted by molar-refractivity contribution is 6.21. The van der Waals surface area contributed by atoms with Crippen molar-refractivity contribution in [2.75, 3.05) is 25.0 Å². The SMILES string of the molecule is CCOCCC(CCl)(CCl)Cc1ccccc1. The molecule has 1 aromatic rings. The predicted octanol–water partition coefficient (Wildman–Crippen LogP) is 4.12. The van der Waals surface area contributed by atoms with Gasteiger partial charge in [-0.25, -0.2) is 0 Å². The maximum atomic E-state index is 6.11. The van der Waals surface area contributed by atoms with Crippen molar-refractivity contribution >= 4 is 23.2 Å². The molecule has 0 aliphatic carbocycles. The lowest BCUT2D eigenvalue weighted by molar-refractivity contribution is 0.116. The molecule has 1 rings (SSSR count). The molecule has 96 valence electrons. The van der Waals surface area contributed by atoms with E-state index in [0.29, 0.717) is 11.8 Å². The molecule has 0 heterocycles. The summed E-state index contributed by atoms with van der Waals surface area (Å²) in [6, 6.07) is 10.4. The second kappa shape index (κ2) is 7.97. The van der Waals surface area contributed by atoms with Gasteiger partial charge in [-0.1, -0.05) is 30.3 Å². The minimum Gasteiger partial charge on any atom is -0.382 e. The Bertz CT molecular complexity index is 296. The third-order valence-electron chi connectivity index (χ3n) is 2.97. The first kappa shape index (κ1) is 14.8. The molecule has 17 heavy (non-hydrogen) atoms. The fourth-order valence-electron chi connectivity index (χ4n) is 1.81. The molecule has 0 fully saturated rings. The van der Waals surface area contributed by atoms with Gasteiger partial charge in [0, 0.05) is 30.4 Å².